The molecule has 2 unspecified atom stereocenters. The van der Waals surface area contributed by atoms with E-state index in [2.05, 4.69) is 21.2 Å². The molecule has 2 atom stereocenters. The van der Waals surface area contributed by atoms with Gasteiger partial charge in [0, 0.05) is 37.1 Å². The number of carbonyl (C=O) groups is 2. The molecule has 0 bridgehead atoms. The Morgan fingerprint density at radius 1 is 1.39 bits per heavy atom. The van der Waals surface area contributed by atoms with Crippen molar-refractivity contribution in [3.63, 3.8) is 0 Å². The summed E-state index contributed by atoms with van der Waals surface area (Å²) in [7, 11) is 1.61. The number of hydrogen-bond donors (Lipinski definition) is 2. The first-order valence-electron chi connectivity index (χ1n) is 7.65. The molecule has 0 spiro atoms. The maximum atomic E-state index is 12.4. The number of benzene rings is 1. The number of nitrogens with one attached hydrogen (secondary N) is 1. The number of carbonyl (C=O) groups excluding carboxylic acids is 1. The first-order valence-corrected chi connectivity index (χ1v) is 8.44. The molecule has 0 aromatic heterocycles. The van der Waals surface area contributed by atoms with Crippen molar-refractivity contribution in [3.05, 3.63) is 34.3 Å². The molecule has 23 heavy (non-hydrogen) atoms. The zero-order valence-corrected chi connectivity index (χ0v) is 15.1. The molecule has 0 aliphatic heterocycles. The molecular formula is C17H24BrNO4. The molecule has 0 fully saturated rings. The second-order valence-corrected chi connectivity index (χ2v) is 6.68. The molecule has 1 aromatic carbocycles. The van der Waals surface area contributed by atoms with E-state index < -0.39 is 5.97 Å². The zero-order chi connectivity index (χ0) is 17.2. The molecule has 2 N–H and O–H groups in total. The maximum Gasteiger partial charge on any atom is 0.303 e. The summed E-state index contributed by atoms with van der Waals surface area (Å²) in [5.41, 5.74) is 1.08. The van der Waals surface area contributed by atoms with Gasteiger partial charge in [-0.2, -0.15) is 0 Å². The summed E-state index contributed by atoms with van der Waals surface area (Å²) in [6.45, 7) is 2.69. The van der Waals surface area contributed by atoms with Gasteiger partial charge in [0.25, 0.3) is 0 Å². The molecular weight excluding hydrogens is 362 g/mol. The smallest absolute Gasteiger partial charge is 0.303 e. The van der Waals surface area contributed by atoms with E-state index in [4.69, 9.17) is 9.84 Å². The van der Waals surface area contributed by atoms with Gasteiger partial charge in [-0.3, -0.25) is 9.59 Å². The fourth-order valence-corrected chi connectivity index (χ4v) is 2.77. The minimum absolute atomic E-state index is 0.0502. The lowest BCUT2D eigenvalue weighted by atomic mass is 9.95. The Balaban J connectivity index is 2.61. The molecule has 5 nitrogen and oxygen atoms in total. The van der Waals surface area contributed by atoms with Crippen LogP contribution < -0.4 is 5.32 Å². The number of rotatable bonds is 10. The second kappa shape index (κ2) is 10.4. The minimum atomic E-state index is -0.850. The summed E-state index contributed by atoms with van der Waals surface area (Å²) < 4.78 is 6.08. The van der Waals surface area contributed by atoms with Crippen LogP contribution in [0.15, 0.2) is 28.7 Å². The van der Waals surface area contributed by atoms with Crippen LogP contribution in [-0.2, 0) is 20.7 Å². The third-order valence-electron chi connectivity index (χ3n) is 3.56. The van der Waals surface area contributed by atoms with E-state index >= 15 is 0 Å². The molecule has 0 saturated heterocycles. The highest BCUT2D eigenvalue weighted by molar-refractivity contribution is 9.10. The van der Waals surface area contributed by atoms with Gasteiger partial charge in [-0.05, 0) is 36.5 Å². The monoisotopic (exact) mass is 385 g/mol. The second-order valence-electron chi connectivity index (χ2n) is 5.76. The fraction of sp³-hybridized carbons (Fsp3) is 0.529. The van der Waals surface area contributed by atoms with E-state index in [1.165, 1.54) is 0 Å². The molecule has 128 valence electrons. The SMILES string of the molecule is COCCC(Cc1cccc(Br)c1)C(=O)NCC(C)CC(=O)O. The van der Waals surface area contributed by atoms with Crippen LogP contribution in [0, 0.1) is 11.8 Å². The fourth-order valence-electron chi connectivity index (χ4n) is 2.32. The van der Waals surface area contributed by atoms with Gasteiger partial charge in [0.2, 0.25) is 5.91 Å². The van der Waals surface area contributed by atoms with E-state index in [1.54, 1.807) is 7.11 Å². The Morgan fingerprint density at radius 2 is 2.13 bits per heavy atom. The molecule has 0 saturated carbocycles. The number of carboxylic acids is 1. The normalized spacial score (nSPS) is 13.3. The van der Waals surface area contributed by atoms with Crippen LogP contribution in [0.4, 0.5) is 0 Å². The molecule has 1 aromatic rings. The van der Waals surface area contributed by atoms with Crippen molar-refractivity contribution in [3.8, 4) is 0 Å². The van der Waals surface area contributed by atoms with Gasteiger partial charge in [-0.1, -0.05) is 35.0 Å². The number of methoxy groups -OCH3 is 1. The number of halogens is 1. The van der Waals surface area contributed by atoms with Gasteiger partial charge >= 0.3 is 5.97 Å². The summed E-state index contributed by atoms with van der Waals surface area (Å²) >= 11 is 3.43. The van der Waals surface area contributed by atoms with Crippen molar-refractivity contribution < 1.29 is 19.4 Å². The number of ether oxygens (including phenoxy) is 1. The quantitative estimate of drug-likeness (QED) is 0.649. The molecule has 1 rings (SSSR count). The van der Waals surface area contributed by atoms with Crippen molar-refractivity contribution >= 4 is 27.8 Å². The number of carboxylic acid groups (broad SMARTS) is 1. The molecule has 6 heteroatoms. The highest BCUT2D eigenvalue weighted by Gasteiger charge is 2.20. The van der Waals surface area contributed by atoms with Gasteiger partial charge in [0.15, 0.2) is 0 Å². The van der Waals surface area contributed by atoms with E-state index in [0.29, 0.717) is 26.0 Å². The van der Waals surface area contributed by atoms with Crippen LogP contribution in [0.5, 0.6) is 0 Å². The van der Waals surface area contributed by atoms with Crippen molar-refractivity contribution in [2.75, 3.05) is 20.3 Å². The third kappa shape index (κ3) is 8.13. The Kier molecular flexibility index (Phi) is 8.87. The topological polar surface area (TPSA) is 75.6 Å². The lowest BCUT2D eigenvalue weighted by Crippen LogP contribution is -2.35. The minimum Gasteiger partial charge on any atom is -0.481 e. The van der Waals surface area contributed by atoms with Crippen LogP contribution in [0.1, 0.15) is 25.3 Å². The summed E-state index contributed by atoms with van der Waals surface area (Å²) in [6.07, 6.45) is 1.30. The van der Waals surface area contributed by atoms with Crippen molar-refractivity contribution in [2.24, 2.45) is 11.8 Å². The summed E-state index contributed by atoms with van der Waals surface area (Å²) in [5, 5.41) is 11.6. The lowest BCUT2D eigenvalue weighted by molar-refractivity contribution is -0.138. The third-order valence-corrected chi connectivity index (χ3v) is 4.05. The average molecular weight is 386 g/mol. The predicted molar refractivity (Wildman–Crippen MR) is 92.3 cm³/mol. The standard InChI is InChI=1S/C17H24BrNO4/c1-12(8-16(20)21)11-19-17(22)14(6-7-23-2)9-13-4-3-5-15(18)10-13/h3-5,10,12,14H,6-9,11H2,1-2H3,(H,19,22)(H,20,21). The Morgan fingerprint density at radius 3 is 2.74 bits per heavy atom. The van der Waals surface area contributed by atoms with Gasteiger partial charge in [0.05, 0.1) is 0 Å². The van der Waals surface area contributed by atoms with Gasteiger partial charge in [0.1, 0.15) is 0 Å². The Hall–Kier alpha value is -1.40. The number of hydrogen-bond acceptors (Lipinski definition) is 3. The number of amides is 1. The van der Waals surface area contributed by atoms with Crippen LogP contribution in [0.25, 0.3) is 0 Å². The molecule has 0 aliphatic rings. The van der Waals surface area contributed by atoms with Crippen molar-refractivity contribution in [2.45, 2.75) is 26.2 Å². The lowest BCUT2D eigenvalue weighted by Gasteiger charge is -2.18. The van der Waals surface area contributed by atoms with Crippen LogP contribution in [-0.4, -0.2) is 37.2 Å². The predicted octanol–water partition coefficient (Wildman–Crippen LogP) is 2.87. The van der Waals surface area contributed by atoms with Gasteiger partial charge in [-0.15, -0.1) is 0 Å². The first kappa shape index (κ1) is 19.6. The molecule has 1 amide bonds. The van der Waals surface area contributed by atoms with Crippen molar-refractivity contribution in [1.82, 2.24) is 5.32 Å². The molecule has 0 heterocycles. The van der Waals surface area contributed by atoms with Crippen LogP contribution in [0.2, 0.25) is 0 Å². The first-order chi connectivity index (χ1) is 10.9. The highest BCUT2D eigenvalue weighted by atomic mass is 79.9. The van der Waals surface area contributed by atoms with Gasteiger partial charge in [-0.25, -0.2) is 0 Å². The summed E-state index contributed by atoms with van der Waals surface area (Å²) in [5.74, 6) is -1.19. The van der Waals surface area contributed by atoms with E-state index in [1.807, 2.05) is 31.2 Å². The Labute approximate surface area is 145 Å². The molecule has 0 aliphatic carbocycles. The highest BCUT2D eigenvalue weighted by Crippen LogP contribution is 2.17. The van der Waals surface area contributed by atoms with Crippen LogP contribution >= 0.6 is 15.9 Å². The largest absolute Gasteiger partial charge is 0.481 e. The molecule has 0 radical (unpaired) electrons. The number of aliphatic carboxylic acids is 1. The Bertz CT molecular complexity index is 521. The zero-order valence-electron chi connectivity index (χ0n) is 13.5. The van der Waals surface area contributed by atoms with Crippen LogP contribution in [0.3, 0.4) is 0 Å². The van der Waals surface area contributed by atoms with E-state index in [0.717, 1.165) is 10.0 Å². The average Bonchev–Trinajstić information content (AvgIpc) is 2.48. The summed E-state index contributed by atoms with van der Waals surface area (Å²) in [4.78, 5) is 23.1. The maximum absolute atomic E-state index is 12.4. The van der Waals surface area contributed by atoms with Gasteiger partial charge < -0.3 is 15.2 Å². The summed E-state index contributed by atoms with van der Waals surface area (Å²) in [6, 6.07) is 7.88. The van der Waals surface area contributed by atoms with Crippen molar-refractivity contribution in [1.29, 1.82) is 0 Å². The van der Waals surface area contributed by atoms with E-state index in [-0.39, 0.29) is 24.2 Å². The van der Waals surface area contributed by atoms with E-state index in [9.17, 15) is 9.59 Å².